The number of anilines is 1. The van der Waals surface area contributed by atoms with Crippen molar-refractivity contribution in [3.05, 3.63) is 82.6 Å². The minimum absolute atomic E-state index is 0.0553. The van der Waals surface area contributed by atoms with Crippen molar-refractivity contribution in [3.8, 4) is 0 Å². The first kappa shape index (κ1) is 24.0. The summed E-state index contributed by atoms with van der Waals surface area (Å²) in [6.45, 7) is 2.93. The molecule has 0 spiro atoms. The van der Waals surface area contributed by atoms with Crippen LogP contribution in [0.15, 0.2) is 64.8 Å². The first-order chi connectivity index (χ1) is 17.4. The first-order valence-corrected chi connectivity index (χ1v) is 12.4. The predicted octanol–water partition coefficient (Wildman–Crippen LogP) is 4.98. The van der Waals surface area contributed by atoms with E-state index in [1.54, 1.807) is 0 Å². The summed E-state index contributed by atoms with van der Waals surface area (Å²) in [6, 6.07) is 12.2. The Kier molecular flexibility index (Phi) is 6.76. The Bertz CT molecular complexity index is 1220. The summed E-state index contributed by atoms with van der Waals surface area (Å²) in [5.74, 6) is -1.90. The van der Waals surface area contributed by atoms with E-state index in [2.05, 4.69) is 10.3 Å². The summed E-state index contributed by atoms with van der Waals surface area (Å²) in [4.78, 5) is 18.8. The van der Waals surface area contributed by atoms with Crippen molar-refractivity contribution in [1.29, 1.82) is 0 Å². The Hall–Kier alpha value is -3.68. The zero-order valence-corrected chi connectivity index (χ0v) is 20.3. The number of amides is 1. The topological polar surface area (TPSA) is 80.0 Å². The van der Waals surface area contributed by atoms with Crippen molar-refractivity contribution in [2.75, 3.05) is 18.0 Å². The number of allylic oxidation sites excluding steroid dienone is 3. The third-order valence-electron chi connectivity index (χ3n) is 6.81. The van der Waals surface area contributed by atoms with Crippen molar-refractivity contribution in [3.63, 3.8) is 0 Å². The molecular weight excluding hydrogens is 462 g/mol. The number of piperidine rings is 1. The van der Waals surface area contributed by atoms with Gasteiger partial charge in [0, 0.05) is 35.6 Å². The fourth-order valence-electron chi connectivity index (χ4n) is 4.78. The summed E-state index contributed by atoms with van der Waals surface area (Å²) in [5, 5.41) is 2.85. The van der Waals surface area contributed by atoms with Crippen LogP contribution < -0.4 is 16.0 Å². The Morgan fingerprint density at radius 3 is 2.47 bits per heavy atom. The summed E-state index contributed by atoms with van der Waals surface area (Å²) >= 11 is 0. The van der Waals surface area contributed by atoms with E-state index >= 15 is 8.78 Å². The number of amidine groups is 1. The molecule has 1 aliphatic carbocycles. The number of halogens is 2. The van der Waals surface area contributed by atoms with Crippen LogP contribution in [-0.2, 0) is 9.53 Å². The summed E-state index contributed by atoms with van der Waals surface area (Å²) in [6.07, 6.45) is 5.77. The number of carbonyl (C=O) groups excluding carboxylic acids is 1. The molecule has 5 rings (SSSR count). The summed E-state index contributed by atoms with van der Waals surface area (Å²) in [7, 11) is 0. The predicted molar refractivity (Wildman–Crippen MR) is 136 cm³/mol. The number of nitrogens with two attached hydrogens (primary N) is 1. The number of aliphatic imine (C=N–C) groups is 1. The number of benzene rings is 2. The van der Waals surface area contributed by atoms with E-state index in [1.807, 2.05) is 48.2 Å². The Balaban J connectivity index is 1.22. The Morgan fingerprint density at radius 2 is 1.86 bits per heavy atom. The molecule has 1 saturated carbocycles. The lowest BCUT2D eigenvalue weighted by Crippen LogP contribution is -2.51. The molecule has 1 amide bonds. The standard InChI is InChI=1S/C28H30F2N4O2/c1-2-6-25(18-7-4-3-5-8-18)36-28(31)32-19-15-34(16-19)20-13-22(29)26(23(30)14-20)21-11-12-24(17-9-10-17)33-27(21)35/h3-8,13-14,19,21H,2,9-12,15-16H2,1H3,(H2,31,32)(H,33,35)/b25-6+. The van der Waals surface area contributed by atoms with E-state index in [0.717, 1.165) is 30.5 Å². The van der Waals surface area contributed by atoms with Crippen molar-refractivity contribution in [1.82, 2.24) is 5.32 Å². The second-order valence-electron chi connectivity index (χ2n) is 9.46. The fraction of sp³-hybridized carbons (Fsp3) is 0.357. The monoisotopic (exact) mass is 492 g/mol. The van der Waals surface area contributed by atoms with Crippen LogP contribution in [0.5, 0.6) is 0 Å². The molecular formula is C28H30F2N4O2. The van der Waals surface area contributed by atoms with Gasteiger partial charge in [-0.1, -0.05) is 42.8 Å². The van der Waals surface area contributed by atoms with E-state index in [4.69, 9.17) is 10.5 Å². The van der Waals surface area contributed by atoms with Crippen LogP contribution in [-0.4, -0.2) is 31.1 Å². The molecule has 0 aromatic heterocycles. The van der Waals surface area contributed by atoms with Crippen LogP contribution in [0.1, 0.15) is 56.1 Å². The van der Waals surface area contributed by atoms with Gasteiger partial charge in [-0.3, -0.25) is 4.79 Å². The smallest absolute Gasteiger partial charge is 0.287 e. The lowest BCUT2D eigenvalue weighted by Gasteiger charge is -2.39. The van der Waals surface area contributed by atoms with E-state index in [-0.39, 0.29) is 23.5 Å². The Labute approximate surface area is 209 Å². The van der Waals surface area contributed by atoms with Crippen molar-refractivity contribution < 1.29 is 18.3 Å². The maximum absolute atomic E-state index is 15.0. The molecule has 2 aromatic carbocycles. The molecule has 1 unspecified atom stereocenters. The van der Waals surface area contributed by atoms with E-state index in [9.17, 15) is 4.79 Å². The molecule has 3 fully saturated rings. The summed E-state index contributed by atoms with van der Waals surface area (Å²) in [5.41, 5.74) is 9.40. The average molecular weight is 493 g/mol. The van der Waals surface area contributed by atoms with Gasteiger partial charge in [0.15, 0.2) is 0 Å². The van der Waals surface area contributed by atoms with Gasteiger partial charge in [-0.2, -0.15) is 0 Å². The molecule has 36 heavy (non-hydrogen) atoms. The quantitative estimate of drug-likeness (QED) is 0.339. The number of carbonyl (C=O) groups is 1. The van der Waals surface area contributed by atoms with E-state index in [1.165, 1.54) is 17.7 Å². The number of hydrogen-bond donors (Lipinski definition) is 2. The van der Waals surface area contributed by atoms with Gasteiger partial charge in [0.05, 0.1) is 12.0 Å². The number of ether oxygens (including phenoxy) is 1. The average Bonchev–Trinajstić information content (AvgIpc) is 3.67. The van der Waals surface area contributed by atoms with Crippen molar-refractivity contribution in [2.45, 2.75) is 51.0 Å². The number of nitrogens with zero attached hydrogens (tertiary/aromatic N) is 2. The molecule has 2 saturated heterocycles. The van der Waals surface area contributed by atoms with Gasteiger partial charge in [0.2, 0.25) is 5.91 Å². The third kappa shape index (κ3) is 5.12. The molecule has 2 aromatic rings. The maximum Gasteiger partial charge on any atom is 0.287 e. The Morgan fingerprint density at radius 1 is 1.17 bits per heavy atom. The van der Waals surface area contributed by atoms with Gasteiger partial charge in [0.25, 0.3) is 6.02 Å². The highest BCUT2D eigenvalue weighted by molar-refractivity contribution is 5.86. The van der Waals surface area contributed by atoms with Crippen molar-refractivity contribution in [2.24, 2.45) is 10.7 Å². The van der Waals surface area contributed by atoms with Gasteiger partial charge in [-0.05, 0) is 50.3 Å². The molecule has 8 heteroatoms. The van der Waals surface area contributed by atoms with Crippen molar-refractivity contribution >= 4 is 23.4 Å². The van der Waals surface area contributed by atoms with E-state index in [0.29, 0.717) is 37.4 Å². The minimum Gasteiger partial charge on any atom is -0.426 e. The SMILES string of the molecule is CC/C=C(/OC(N)=NC1CN(c2cc(F)c(C3CCC(=C4CC4)NC3=O)c(F)c2)C1)c1ccccc1. The molecule has 2 aliphatic heterocycles. The highest BCUT2D eigenvalue weighted by Gasteiger charge is 2.35. The number of rotatable bonds is 6. The molecule has 3 N–H and O–H groups in total. The molecule has 6 nitrogen and oxygen atoms in total. The van der Waals surface area contributed by atoms with Crippen LogP contribution in [0.2, 0.25) is 0 Å². The van der Waals surface area contributed by atoms with Crippen LogP contribution in [0.4, 0.5) is 14.5 Å². The number of hydrogen-bond acceptors (Lipinski definition) is 4. The largest absolute Gasteiger partial charge is 0.426 e. The van der Waals surface area contributed by atoms with Crippen LogP contribution in [0, 0.1) is 11.6 Å². The first-order valence-electron chi connectivity index (χ1n) is 12.4. The zero-order valence-electron chi connectivity index (χ0n) is 20.3. The zero-order chi connectivity index (χ0) is 25.2. The van der Waals surface area contributed by atoms with Crippen LogP contribution >= 0.6 is 0 Å². The third-order valence-corrected chi connectivity index (χ3v) is 6.81. The second-order valence-corrected chi connectivity index (χ2v) is 9.46. The number of nitrogens with one attached hydrogen (secondary N) is 1. The fourth-order valence-corrected chi connectivity index (χ4v) is 4.78. The van der Waals surface area contributed by atoms with Gasteiger partial charge in [-0.15, -0.1) is 0 Å². The highest BCUT2D eigenvalue weighted by atomic mass is 19.1. The maximum atomic E-state index is 15.0. The van der Waals surface area contributed by atoms with Crippen LogP contribution in [0.25, 0.3) is 5.76 Å². The summed E-state index contributed by atoms with van der Waals surface area (Å²) < 4.78 is 35.8. The molecule has 188 valence electrons. The van der Waals surface area contributed by atoms with E-state index < -0.39 is 17.6 Å². The van der Waals surface area contributed by atoms with Gasteiger partial charge < -0.3 is 20.7 Å². The lowest BCUT2D eigenvalue weighted by molar-refractivity contribution is -0.123. The normalized spacial score (nSPS) is 20.8. The minimum atomic E-state index is -0.817. The van der Waals surface area contributed by atoms with Gasteiger partial charge in [0.1, 0.15) is 17.4 Å². The second kappa shape index (κ2) is 10.1. The highest BCUT2D eigenvalue weighted by Crippen LogP contribution is 2.39. The molecule has 0 bridgehead atoms. The molecule has 0 radical (unpaired) electrons. The molecule has 3 aliphatic rings. The molecule has 1 atom stereocenters. The van der Waals surface area contributed by atoms with Crippen LogP contribution in [0.3, 0.4) is 0 Å². The molecule has 2 heterocycles. The van der Waals surface area contributed by atoms with Gasteiger partial charge in [-0.25, -0.2) is 13.8 Å². The van der Waals surface area contributed by atoms with Gasteiger partial charge >= 0.3 is 0 Å². The lowest BCUT2D eigenvalue weighted by atomic mass is 9.88.